The molecular weight excluding hydrogens is 385 g/mol. The third-order valence-corrected chi connectivity index (χ3v) is 5.49. The second-order valence-corrected chi connectivity index (χ2v) is 7.63. The van der Waals surface area contributed by atoms with Gasteiger partial charge >= 0.3 is 0 Å². The van der Waals surface area contributed by atoms with E-state index in [1.807, 2.05) is 30.3 Å². The van der Waals surface area contributed by atoms with Crippen molar-refractivity contribution < 1.29 is 17.5 Å². The Morgan fingerprint density at radius 1 is 1.14 bits per heavy atom. The molecule has 146 valence electrons. The minimum absolute atomic E-state index is 0.0462. The van der Waals surface area contributed by atoms with Crippen molar-refractivity contribution in [3.63, 3.8) is 0 Å². The predicted molar refractivity (Wildman–Crippen MR) is 102 cm³/mol. The topological polar surface area (TPSA) is 90.3 Å². The second-order valence-electron chi connectivity index (χ2n) is 5.87. The lowest BCUT2D eigenvalue weighted by molar-refractivity contribution is 0.385. The SMILES string of the molecule is COc1ccc(S(=O)(=O)NCCn2cnc(-c3ccccc3)cc2=O)cc1F. The molecule has 0 atom stereocenters. The van der Waals surface area contributed by atoms with E-state index < -0.39 is 15.8 Å². The first-order chi connectivity index (χ1) is 13.4. The number of ether oxygens (including phenoxy) is 1. The quantitative estimate of drug-likeness (QED) is 0.652. The molecule has 0 aliphatic heterocycles. The summed E-state index contributed by atoms with van der Waals surface area (Å²) in [4.78, 5) is 16.2. The first-order valence-electron chi connectivity index (χ1n) is 8.36. The van der Waals surface area contributed by atoms with E-state index in [0.29, 0.717) is 5.69 Å². The van der Waals surface area contributed by atoms with Gasteiger partial charge in [-0.15, -0.1) is 0 Å². The lowest BCUT2D eigenvalue weighted by Crippen LogP contribution is -2.31. The summed E-state index contributed by atoms with van der Waals surface area (Å²) >= 11 is 0. The summed E-state index contributed by atoms with van der Waals surface area (Å²) in [5.74, 6) is -0.822. The molecule has 2 aromatic carbocycles. The number of nitrogens with one attached hydrogen (secondary N) is 1. The number of sulfonamides is 1. The van der Waals surface area contributed by atoms with Gasteiger partial charge in [-0.1, -0.05) is 30.3 Å². The monoisotopic (exact) mass is 403 g/mol. The number of hydrogen-bond donors (Lipinski definition) is 1. The lowest BCUT2D eigenvalue weighted by atomic mass is 10.1. The van der Waals surface area contributed by atoms with Gasteiger partial charge in [-0.25, -0.2) is 22.5 Å². The fourth-order valence-electron chi connectivity index (χ4n) is 2.56. The number of hydrogen-bond acceptors (Lipinski definition) is 5. The largest absolute Gasteiger partial charge is 0.494 e. The average Bonchev–Trinajstić information content (AvgIpc) is 2.69. The zero-order valence-corrected chi connectivity index (χ0v) is 15.8. The van der Waals surface area contributed by atoms with Crippen LogP contribution in [0.2, 0.25) is 0 Å². The second kappa shape index (κ2) is 8.32. The summed E-state index contributed by atoms with van der Waals surface area (Å²) in [6.45, 7) is 0.0288. The molecule has 0 aliphatic rings. The van der Waals surface area contributed by atoms with Crippen LogP contribution in [-0.4, -0.2) is 31.6 Å². The highest BCUT2D eigenvalue weighted by Gasteiger charge is 2.16. The van der Waals surface area contributed by atoms with Gasteiger partial charge in [0.05, 0.1) is 24.0 Å². The van der Waals surface area contributed by atoms with E-state index in [4.69, 9.17) is 4.74 Å². The summed E-state index contributed by atoms with van der Waals surface area (Å²) in [6, 6.07) is 14.0. The Balaban J connectivity index is 1.67. The Morgan fingerprint density at radius 2 is 1.89 bits per heavy atom. The van der Waals surface area contributed by atoms with Gasteiger partial charge in [0.15, 0.2) is 11.6 Å². The number of halogens is 1. The number of nitrogens with zero attached hydrogens (tertiary/aromatic N) is 2. The molecule has 1 N–H and O–H groups in total. The van der Waals surface area contributed by atoms with Gasteiger partial charge in [0.1, 0.15) is 0 Å². The standard InChI is InChI=1S/C19H18FN3O4S/c1-27-18-8-7-15(11-16(18)20)28(25,26)22-9-10-23-13-21-17(12-19(23)24)14-5-3-2-4-6-14/h2-8,11-13,22H,9-10H2,1H3. The van der Waals surface area contributed by atoms with Crippen molar-refractivity contribution in [2.75, 3.05) is 13.7 Å². The molecule has 0 amide bonds. The molecule has 0 spiro atoms. The molecule has 0 saturated carbocycles. The minimum Gasteiger partial charge on any atom is -0.494 e. The summed E-state index contributed by atoms with van der Waals surface area (Å²) in [6.07, 6.45) is 1.37. The molecule has 0 saturated heterocycles. The van der Waals surface area contributed by atoms with Crippen LogP contribution in [0.1, 0.15) is 0 Å². The number of benzene rings is 2. The summed E-state index contributed by atoms with van der Waals surface area (Å²) in [5.41, 5.74) is 1.05. The van der Waals surface area contributed by atoms with E-state index in [0.717, 1.165) is 11.6 Å². The van der Waals surface area contributed by atoms with Gasteiger partial charge < -0.3 is 4.74 Å². The molecule has 0 unspecified atom stereocenters. The summed E-state index contributed by atoms with van der Waals surface area (Å²) < 4.78 is 46.7. The van der Waals surface area contributed by atoms with Crippen molar-refractivity contribution in [1.29, 1.82) is 0 Å². The highest BCUT2D eigenvalue weighted by Crippen LogP contribution is 2.20. The molecule has 0 fully saturated rings. The third kappa shape index (κ3) is 4.44. The van der Waals surface area contributed by atoms with Crippen LogP contribution >= 0.6 is 0 Å². The van der Waals surface area contributed by atoms with Gasteiger partial charge in [0, 0.05) is 24.7 Å². The highest BCUT2D eigenvalue weighted by molar-refractivity contribution is 7.89. The molecule has 1 aromatic heterocycles. The maximum absolute atomic E-state index is 13.7. The van der Waals surface area contributed by atoms with Crippen molar-refractivity contribution in [1.82, 2.24) is 14.3 Å². The van der Waals surface area contributed by atoms with Gasteiger partial charge in [-0.3, -0.25) is 9.36 Å². The van der Waals surface area contributed by atoms with E-state index in [1.54, 1.807) is 0 Å². The zero-order valence-electron chi connectivity index (χ0n) is 15.0. The van der Waals surface area contributed by atoms with Crippen molar-refractivity contribution in [2.45, 2.75) is 11.4 Å². The fourth-order valence-corrected chi connectivity index (χ4v) is 3.59. The van der Waals surface area contributed by atoms with E-state index in [9.17, 15) is 17.6 Å². The first-order valence-corrected chi connectivity index (χ1v) is 9.84. The molecule has 3 aromatic rings. The van der Waals surface area contributed by atoms with Gasteiger partial charge in [-0.2, -0.15) is 0 Å². The highest BCUT2D eigenvalue weighted by atomic mass is 32.2. The van der Waals surface area contributed by atoms with E-state index in [2.05, 4.69) is 9.71 Å². The summed E-state index contributed by atoms with van der Waals surface area (Å²) in [5, 5.41) is 0. The predicted octanol–water partition coefficient (Wildman–Crippen LogP) is 2.04. The van der Waals surface area contributed by atoms with Crippen molar-refractivity contribution in [3.05, 3.63) is 77.1 Å². The van der Waals surface area contributed by atoms with Crippen LogP contribution in [0.25, 0.3) is 11.3 Å². The molecule has 0 bridgehead atoms. The molecule has 28 heavy (non-hydrogen) atoms. The molecule has 1 heterocycles. The van der Waals surface area contributed by atoms with E-state index >= 15 is 0 Å². The van der Waals surface area contributed by atoms with Crippen LogP contribution in [0.15, 0.2) is 70.6 Å². The Morgan fingerprint density at radius 3 is 2.54 bits per heavy atom. The van der Waals surface area contributed by atoms with E-state index in [-0.39, 0.29) is 29.3 Å². The molecular formula is C19H18FN3O4S. The Hall–Kier alpha value is -3.04. The van der Waals surface area contributed by atoms with Crippen molar-refractivity contribution in [2.24, 2.45) is 0 Å². The molecule has 0 radical (unpaired) electrons. The number of methoxy groups -OCH3 is 1. The van der Waals surface area contributed by atoms with Crippen LogP contribution in [0.4, 0.5) is 4.39 Å². The Labute approximate surface area is 161 Å². The van der Waals surface area contributed by atoms with Crippen LogP contribution < -0.4 is 15.0 Å². The molecule has 0 aliphatic carbocycles. The van der Waals surface area contributed by atoms with Gasteiger partial charge in [-0.05, 0) is 18.2 Å². The average molecular weight is 403 g/mol. The van der Waals surface area contributed by atoms with Crippen molar-refractivity contribution >= 4 is 10.0 Å². The Bertz CT molecular complexity index is 1130. The normalized spacial score (nSPS) is 11.4. The van der Waals surface area contributed by atoms with Crippen molar-refractivity contribution in [3.8, 4) is 17.0 Å². The van der Waals surface area contributed by atoms with Crippen LogP contribution in [0.3, 0.4) is 0 Å². The fraction of sp³-hybridized carbons (Fsp3) is 0.158. The maximum atomic E-state index is 13.7. The number of aromatic nitrogens is 2. The van der Waals surface area contributed by atoms with Crippen LogP contribution in [0.5, 0.6) is 5.75 Å². The summed E-state index contributed by atoms with van der Waals surface area (Å²) in [7, 11) is -2.63. The lowest BCUT2D eigenvalue weighted by Gasteiger charge is -2.10. The number of rotatable bonds is 7. The van der Waals surface area contributed by atoms with E-state index in [1.165, 1.54) is 36.2 Å². The molecule has 3 rings (SSSR count). The third-order valence-electron chi connectivity index (χ3n) is 4.03. The van der Waals surface area contributed by atoms with Gasteiger partial charge in [0.25, 0.3) is 5.56 Å². The van der Waals surface area contributed by atoms with Gasteiger partial charge in [0.2, 0.25) is 10.0 Å². The maximum Gasteiger partial charge on any atom is 0.253 e. The zero-order chi connectivity index (χ0) is 20.1. The smallest absolute Gasteiger partial charge is 0.253 e. The van der Waals surface area contributed by atoms with Crippen LogP contribution in [-0.2, 0) is 16.6 Å². The minimum atomic E-state index is -3.92. The first kappa shape index (κ1) is 19.7. The van der Waals surface area contributed by atoms with Crippen LogP contribution in [0, 0.1) is 5.82 Å². The molecule has 7 nitrogen and oxygen atoms in total. The molecule has 9 heteroatoms. The Kier molecular flexibility index (Phi) is 5.86.